The summed E-state index contributed by atoms with van der Waals surface area (Å²) in [7, 11) is 1.88. The number of nitrogens with two attached hydrogens (primary N) is 1. The van der Waals surface area contributed by atoms with E-state index >= 15 is 0 Å². The Morgan fingerprint density at radius 3 is 3.00 bits per heavy atom. The van der Waals surface area contributed by atoms with Crippen molar-refractivity contribution in [1.29, 1.82) is 0 Å². The molecule has 1 aromatic rings. The standard InChI is InChI=1S/C9H13N3/c1-7(10)9-5-3-4-8(12-9)6-11-2/h3-5,11H,1,6,10H2,2H3. The van der Waals surface area contributed by atoms with Crippen LogP contribution in [0.4, 0.5) is 0 Å². The van der Waals surface area contributed by atoms with Crippen molar-refractivity contribution in [2.75, 3.05) is 7.05 Å². The van der Waals surface area contributed by atoms with E-state index < -0.39 is 0 Å². The average molecular weight is 163 g/mol. The lowest BCUT2D eigenvalue weighted by Crippen LogP contribution is -2.08. The van der Waals surface area contributed by atoms with Crippen molar-refractivity contribution in [2.24, 2.45) is 5.73 Å². The third kappa shape index (κ3) is 2.07. The van der Waals surface area contributed by atoms with E-state index in [4.69, 9.17) is 5.73 Å². The van der Waals surface area contributed by atoms with Crippen LogP contribution in [0.5, 0.6) is 0 Å². The normalized spacial score (nSPS) is 9.75. The molecule has 0 unspecified atom stereocenters. The minimum Gasteiger partial charge on any atom is -0.397 e. The Balaban J connectivity index is 2.88. The second-order valence-corrected chi connectivity index (χ2v) is 2.57. The third-order valence-corrected chi connectivity index (χ3v) is 1.49. The lowest BCUT2D eigenvalue weighted by molar-refractivity contribution is 0.789. The Bertz CT molecular complexity index is 281. The smallest absolute Gasteiger partial charge is 0.0856 e. The summed E-state index contributed by atoms with van der Waals surface area (Å²) in [4.78, 5) is 4.27. The van der Waals surface area contributed by atoms with Crippen molar-refractivity contribution in [3.63, 3.8) is 0 Å². The fourth-order valence-electron chi connectivity index (χ4n) is 0.938. The zero-order valence-electron chi connectivity index (χ0n) is 7.17. The molecule has 1 rings (SSSR count). The fourth-order valence-corrected chi connectivity index (χ4v) is 0.938. The Hall–Kier alpha value is -1.35. The van der Waals surface area contributed by atoms with Gasteiger partial charge in [0.25, 0.3) is 0 Å². The van der Waals surface area contributed by atoms with Gasteiger partial charge in [-0.15, -0.1) is 0 Å². The van der Waals surface area contributed by atoms with Gasteiger partial charge >= 0.3 is 0 Å². The van der Waals surface area contributed by atoms with E-state index in [1.54, 1.807) is 0 Å². The maximum Gasteiger partial charge on any atom is 0.0856 e. The zero-order chi connectivity index (χ0) is 8.97. The molecule has 1 heterocycles. The lowest BCUT2D eigenvalue weighted by Gasteiger charge is -2.02. The zero-order valence-corrected chi connectivity index (χ0v) is 7.17. The van der Waals surface area contributed by atoms with Crippen molar-refractivity contribution < 1.29 is 0 Å². The highest BCUT2D eigenvalue weighted by Gasteiger charge is 1.96. The van der Waals surface area contributed by atoms with Crippen LogP contribution in [0.1, 0.15) is 11.4 Å². The minimum atomic E-state index is 0.507. The molecule has 3 N–H and O–H groups in total. The first-order valence-corrected chi connectivity index (χ1v) is 3.79. The summed E-state index contributed by atoms with van der Waals surface area (Å²) in [6, 6.07) is 5.72. The molecule has 0 amide bonds. The van der Waals surface area contributed by atoms with Gasteiger partial charge < -0.3 is 11.1 Å². The molecule has 0 atom stereocenters. The molecule has 0 saturated heterocycles. The topological polar surface area (TPSA) is 50.9 Å². The number of nitrogens with one attached hydrogen (secondary N) is 1. The third-order valence-electron chi connectivity index (χ3n) is 1.49. The highest BCUT2D eigenvalue weighted by molar-refractivity contribution is 5.56. The van der Waals surface area contributed by atoms with Gasteiger partial charge in [-0.3, -0.25) is 0 Å². The summed E-state index contributed by atoms with van der Waals surface area (Å²) >= 11 is 0. The van der Waals surface area contributed by atoms with E-state index in [1.807, 2.05) is 25.2 Å². The molecule has 12 heavy (non-hydrogen) atoms. The molecular weight excluding hydrogens is 150 g/mol. The van der Waals surface area contributed by atoms with Gasteiger partial charge in [-0.25, -0.2) is 4.98 Å². The first-order chi connectivity index (χ1) is 5.74. The fraction of sp³-hybridized carbons (Fsp3) is 0.222. The van der Waals surface area contributed by atoms with Crippen LogP contribution in [-0.4, -0.2) is 12.0 Å². The molecule has 0 aliphatic heterocycles. The largest absolute Gasteiger partial charge is 0.397 e. The van der Waals surface area contributed by atoms with Gasteiger partial charge in [-0.2, -0.15) is 0 Å². The predicted molar refractivity (Wildman–Crippen MR) is 50.2 cm³/mol. The summed E-state index contributed by atoms with van der Waals surface area (Å²) in [5.41, 5.74) is 7.74. The number of nitrogens with zero attached hydrogens (tertiary/aromatic N) is 1. The molecule has 3 nitrogen and oxygen atoms in total. The van der Waals surface area contributed by atoms with E-state index in [0.717, 1.165) is 17.9 Å². The van der Waals surface area contributed by atoms with Crippen molar-refractivity contribution >= 4 is 5.70 Å². The Morgan fingerprint density at radius 2 is 2.42 bits per heavy atom. The monoisotopic (exact) mass is 163 g/mol. The number of aromatic nitrogens is 1. The highest BCUT2D eigenvalue weighted by Crippen LogP contribution is 2.04. The molecular formula is C9H13N3. The van der Waals surface area contributed by atoms with E-state index in [1.165, 1.54) is 0 Å². The summed E-state index contributed by atoms with van der Waals surface area (Å²) in [5, 5.41) is 3.02. The number of pyridine rings is 1. The Morgan fingerprint density at radius 1 is 1.67 bits per heavy atom. The molecule has 0 aliphatic carbocycles. The second-order valence-electron chi connectivity index (χ2n) is 2.57. The van der Waals surface area contributed by atoms with Gasteiger partial charge in [0.05, 0.1) is 17.1 Å². The van der Waals surface area contributed by atoms with E-state index in [-0.39, 0.29) is 0 Å². The van der Waals surface area contributed by atoms with Crippen molar-refractivity contribution in [1.82, 2.24) is 10.3 Å². The van der Waals surface area contributed by atoms with Crippen LogP contribution in [-0.2, 0) is 6.54 Å². The molecule has 64 valence electrons. The van der Waals surface area contributed by atoms with Crippen LogP contribution in [0, 0.1) is 0 Å². The summed E-state index contributed by atoms with van der Waals surface area (Å²) in [5.74, 6) is 0. The first kappa shape index (κ1) is 8.74. The highest BCUT2D eigenvalue weighted by atomic mass is 14.9. The van der Waals surface area contributed by atoms with Gasteiger partial charge in [0.15, 0.2) is 0 Å². The van der Waals surface area contributed by atoms with Crippen LogP contribution in [0.25, 0.3) is 5.70 Å². The lowest BCUT2D eigenvalue weighted by atomic mass is 10.2. The molecule has 0 radical (unpaired) electrons. The molecule has 1 aromatic heterocycles. The van der Waals surface area contributed by atoms with Crippen LogP contribution < -0.4 is 11.1 Å². The average Bonchev–Trinajstić information content (AvgIpc) is 2.05. The first-order valence-electron chi connectivity index (χ1n) is 3.79. The second kappa shape index (κ2) is 3.88. The molecule has 0 spiro atoms. The van der Waals surface area contributed by atoms with Crippen molar-refractivity contribution in [2.45, 2.75) is 6.54 Å². The number of hydrogen-bond donors (Lipinski definition) is 2. The minimum absolute atomic E-state index is 0.507. The molecule has 0 saturated carbocycles. The van der Waals surface area contributed by atoms with Crippen LogP contribution in [0.3, 0.4) is 0 Å². The molecule has 0 bridgehead atoms. The summed E-state index contributed by atoms with van der Waals surface area (Å²) in [6.07, 6.45) is 0. The van der Waals surface area contributed by atoms with Gasteiger partial charge in [-0.05, 0) is 19.2 Å². The SMILES string of the molecule is C=C(N)c1cccc(CNC)n1. The van der Waals surface area contributed by atoms with Crippen molar-refractivity contribution in [3.8, 4) is 0 Å². The summed E-state index contributed by atoms with van der Waals surface area (Å²) < 4.78 is 0. The van der Waals surface area contributed by atoms with Crippen LogP contribution >= 0.6 is 0 Å². The van der Waals surface area contributed by atoms with Gasteiger partial charge in [-0.1, -0.05) is 12.6 Å². The Kier molecular flexibility index (Phi) is 2.82. The summed E-state index contributed by atoms with van der Waals surface area (Å²) in [6.45, 7) is 4.37. The molecule has 0 aromatic carbocycles. The number of rotatable bonds is 3. The van der Waals surface area contributed by atoms with Gasteiger partial charge in [0, 0.05) is 6.54 Å². The van der Waals surface area contributed by atoms with E-state index in [9.17, 15) is 0 Å². The van der Waals surface area contributed by atoms with E-state index in [2.05, 4.69) is 16.9 Å². The maximum atomic E-state index is 5.50. The predicted octanol–water partition coefficient (Wildman–Crippen LogP) is 0.730. The molecule has 3 heteroatoms. The van der Waals surface area contributed by atoms with Gasteiger partial charge in [0.1, 0.15) is 0 Å². The van der Waals surface area contributed by atoms with E-state index in [0.29, 0.717) is 5.70 Å². The van der Waals surface area contributed by atoms with Crippen LogP contribution in [0.2, 0.25) is 0 Å². The quantitative estimate of drug-likeness (QED) is 0.690. The van der Waals surface area contributed by atoms with Crippen LogP contribution in [0.15, 0.2) is 24.8 Å². The maximum absolute atomic E-state index is 5.50. The van der Waals surface area contributed by atoms with Gasteiger partial charge in [0.2, 0.25) is 0 Å². The number of hydrogen-bond acceptors (Lipinski definition) is 3. The van der Waals surface area contributed by atoms with Crippen molar-refractivity contribution in [3.05, 3.63) is 36.2 Å². The Labute approximate surface area is 72.3 Å². The molecule has 0 fully saturated rings. The molecule has 0 aliphatic rings.